The quantitative estimate of drug-likeness (QED) is 0.885. The molecule has 2 fully saturated rings. The Hall–Kier alpha value is -1.66. The first-order chi connectivity index (χ1) is 10.6. The summed E-state index contributed by atoms with van der Waals surface area (Å²) in [6.45, 7) is 5.32. The molecule has 3 rings (SSSR count). The summed E-state index contributed by atoms with van der Waals surface area (Å²) in [5.74, 6) is -1.35. The zero-order valence-corrected chi connectivity index (χ0v) is 12.8. The first-order valence-corrected chi connectivity index (χ1v) is 7.75. The molecule has 0 unspecified atom stereocenters. The average Bonchev–Trinajstić information content (AvgIpc) is 2.97. The molecule has 1 aromatic rings. The van der Waals surface area contributed by atoms with E-state index in [2.05, 4.69) is 16.8 Å². The van der Waals surface area contributed by atoms with Gasteiger partial charge in [0.15, 0.2) is 0 Å². The van der Waals surface area contributed by atoms with Gasteiger partial charge in [0.05, 0.1) is 0 Å². The van der Waals surface area contributed by atoms with Gasteiger partial charge in [-0.3, -0.25) is 9.69 Å². The monoisotopic (exact) mass is 307 g/mol. The number of likely N-dealkylation sites (tertiary alicyclic amines) is 1. The molecule has 0 spiro atoms. The van der Waals surface area contributed by atoms with Gasteiger partial charge in [0.2, 0.25) is 0 Å². The number of aromatic hydroxyl groups is 1. The van der Waals surface area contributed by atoms with E-state index in [1.54, 1.807) is 4.90 Å². The van der Waals surface area contributed by atoms with Crippen molar-refractivity contribution < 1.29 is 14.3 Å². The minimum absolute atomic E-state index is 0.207. The van der Waals surface area contributed by atoms with Crippen molar-refractivity contribution in [3.8, 4) is 5.75 Å². The van der Waals surface area contributed by atoms with Crippen LogP contribution in [-0.2, 0) is 0 Å². The zero-order valence-electron chi connectivity index (χ0n) is 12.8. The second-order valence-electron chi connectivity index (χ2n) is 6.17. The number of rotatable bonds is 2. The van der Waals surface area contributed by atoms with Gasteiger partial charge in [-0.2, -0.15) is 0 Å². The topological polar surface area (TPSA) is 47.0 Å². The lowest BCUT2D eigenvalue weighted by Gasteiger charge is -2.36. The fourth-order valence-electron chi connectivity index (χ4n) is 3.29. The SMILES string of the molecule is CN1CCN([C@H]2CCN(C(=O)c3c(O)cccc3F)C2)CC1. The summed E-state index contributed by atoms with van der Waals surface area (Å²) in [6.07, 6.45) is 0.907. The minimum Gasteiger partial charge on any atom is -0.507 e. The van der Waals surface area contributed by atoms with Crippen LogP contribution in [-0.4, -0.2) is 78.1 Å². The van der Waals surface area contributed by atoms with Crippen LogP contribution < -0.4 is 0 Å². The van der Waals surface area contributed by atoms with Crippen LogP contribution in [0.3, 0.4) is 0 Å². The third-order valence-corrected chi connectivity index (χ3v) is 4.71. The molecule has 1 amide bonds. The Morgan fingerprint density at radius 1 is 1.23 bits per heavy atom. The van der Waals surface area contributed by atoms with Crippen LogP contribution in [0.15, 0.2) is 18.2 Å². The number of phenols is 1. The van der Waals surface area contributed by atoms with Gasteiger partial charge in [0.25, 0.3) is 5.91 Å². The first-order valence-electron chi connectivity index (χ1n) is 7.75. The van der Waals surface area contributed by atoms with Crippen LogP contribution >= 0.6 is 0 Å². The maximum Gasteiger partial charge on any atom is 0.260 e. The molecule has 0 radical (unpaired) electrons. The standard InChI is InChI=1S/C16H22FN3O2/c1-18-7-9-19(10-8-18)12-5-6-20(11-12)16(22)15-13(17)3-2-4-14(15)21/h2-4,12,21H,5-11H2,1H3/t12-/m0/s1. The fourth-order valence-corrected chi connectivity index (χ4v) is 3.29. The van der Waals surface area contributed by atoms with Gasteiger partial charge in [0, 0.05) is 45.3 Å². The molecular weight excluding hydrogens is 285 g/mol. The van der Waals surface area contributed by atoms with Gasteiger partial charge >= 0.3 is 0 Å². The van der Waals surface area contributed by atoms with Crippen molar-refractivity contribution in [1.29, 1.82) is 0 Å². The van der Waals surface area contributed by atoms with Gasteiger partial charge in [-0.15, -0.1) is 0 Å². The van der Waals surface area contributed by atoms with Crippen LogP contribution in [0.2, 0.25) is 0 Å². The lowest BCUT2D eigenvalue weighted by Crippen LogP contribution is -2.50. The lowest BCUT2D eigenvalue weighted by molar-refractivity contribution is 0.0748. The summed E-state index contributed by atoms with van der Waals surface area (Å²) in [6, 6.07) is 4.30. The van der Waals surface area contributed by atoms with Gasteiger partial charge in [-0.1, -0.05) is 6.07 Å². The number of hydrogen-bond acceptors (Lipinski definition) is 4. The molecule has 2 aliphatic rings. The number of nitrogens with zero attached hydrogens (tertiary/aromatic N) is 3. The summed E-state index contributed by atoms with van der Waals surface area (Å²) in [7, 11) is 2.11. The third kappa shape index (κ3) is 2.94. The number of piperazine rings is 1. The number of halogens is 1. The molecule has 120 valence electrons. The van der Waals surface area contributed by atoms with Crippen LogP contribution in [0, 0.1) is 5.82 Å². The van der Waals surface area contributed by atoms with E-state index in [1.807, 2.05) is 0 Å². The molecule has 0 aliphatic carbocycles. The molecule has 6 heteroatoms. The molecule has 0 bridgehead atoms. The van der Waals surface area contributed by atoms with Crippen LogP contribution in [0.4, 0.5) is 4.39 Å². The summed E-state index contributed by atoms with van der Waals surface area (Å²) >= 11 is 0. The zero-order chi connectivity index (χ0) is 15.7. The molecule has 1 N–H and O–H groups in total. The molecular formula is C16H22FN3O2. The van der Waals surface area contributed by atoms with Crippen molar-refractivity contribution in [2.45, 2.75) is 12.5 Å². The van der Waals surface area contributed by atoms with Crippen molar-refractivity contribution in [3.63, 3.8) is 0 Å². The van der Waals surface area contributed by atoms with Gasteiger partial charge < -0.3 is 14.9 Å². The maximum absolute atomic E-state index is 13.8. The number of carbonyl (C=O) groups is 1. The first kappa shape index (κ1) is 15.2. The van der Waals surface area contributed by atoms with E-state index >= 15 is 0 Å². The Morgan fingerprint density at radius 3 is 2.64 bits per heavy atom. The van der Waals surface area contributed by atoms with Gasteiger partial charge in [0.1, 0.15) is 17.1 Å². The van der Waals surface area contributed by atoms with Gasteiger partial charge in [-0.05, 0) is 25.6 Å². The normalized spacial score (nSPS) is 23.9. The van der Waals surface area contributed by atoms with E-state index in [1.165, 1.54) is 18.2 Å². The summed E-state index contributed by atoms with van der Waals surface area (Å²) in [4.78, 5) is 18.8. The van der Waals surface area contributed by atoms with E-state index in [4.69, 9.17) is 0 Å². The molecule has 22 heavy (non-hydrogen) atoms. The van der Waals surface area contributed by atoms with E-state index in [0.29, 0.717) is 19.1 Å². The number of amides is 1. The number of phenolic OH excluding ortho intramolecular Hbond substituents is 1. The minimum atomic E-state index is -0.659. The molecule has 2 heterocycles. The Bertz CT molecular complexity index is 538. The Balaban J connectivity index is 1.66. The van der Waals surface area contributed by atoms with Crippen molar-refractivity contribution >= 4 is 5.91 Å². The number of hydrogen-bond donors (Lipinski definition) is 1. The highest BCUT2D eigenvalue weighted by molar-refractivity contribution is 5.97. The Labute approximate surface area is 129 Å². The molecule has 1 aromatic carbocycles. The molecule has 1 atom stereocenters. The van der Waals surface area contributed by atoms with Gasteiger partial charge in [-0.25, -0.2) is 4.39 Å². The number of benzene rings is 1. The largest absolute Gasteiger partial charge is 0.507 e. The number of carbonyl (C=O) groups excluding carboxylic acids is 1. The summed E-state index contributed by atoms with van der Waals surface area (Å²) in [5, 5.41) is 9.76. The smallest absolute Gasteiger partial charge is 0.260 e. The van der Waals surface area contributed by atoms with E-state index in [9.17, 15) is 14.3 Å². The molecule has 2 aliphatic heterocycles. The molecule has 0 aromatic heterocycles. The van der Waals surface area contributed by atoms with Crippen molar-refractivity contribution in [2.75, 3.05) is 46.3 Å². The van der Waals surface area contributed by atoms with Crippen LogP contribution in [0.5, 0.6) is 5.75 Å². The van der Waals surface area contributed by atoms with Crippen molar-refractivity contribution in [1.82, 2.24) is 14.7 Å². The Kier molecular flexibility index (Phi) is 4.31. The average molecular weight is 307 g/mol. The maximum atomic E-state index is 13.8. The van der Waals surface area contributed by atoms with E-state index in [0.717, 1.165) is 32.6 Å². The highest BCUT2D eigenvalue weighted by Gasteiger charge is 2.33. The fraction of sp³-hybridized carbons (Fsp3) is 0.562. The van der Waals surface area contributed by atoms with Crippen molar-refractivity contribution in [3.05, 3.63) is 29.6 Å². The highest BCUT2D eigenvalue weighted by atomic mass is 19.1. The second kappa shape index (κ2) is 6.22. The summed E-state index contributed by atoms with van der Waals surface area (Å²) in [5.41, 5.74) is -0.207. The Morgan fingerprint density at radius 2 is 1.95 bits per heavy atom. The predicted octanol–water partition coefficient (Wildman–Crippen LogP) is 0.993. The molecule has 0 saturated carbocycles. The van der Waals surface area contributed by atoms with E-state index in [-0.39, 0.29) is 11.3 Å². The third-order valence-electron chi connectivity index (χ3n) is 4.71. The van der Waals surface area contributed by atoms with Crippen LogP contribution in [0.25, 0.3) is 0 Å². The van der Waals surface area contributed by atoms with Crippen LogP contribution in [0.1, 0.15) is 16.8 Å². The lowest BCUT2D eigenvalue weighted by atomic mass is 10.1. The number of likely N-dealkylation sites (N-methyl/N-ethyl adjacent to an activating group) is 1. The predicted molar refractivity (Wildman–Crippen MR) is 81.4 cm³/mol. The molecule has 5 nitrogen and oxygen atoms in total. The highest BCUT2D eigenvalue weighted by Crippen LogP contribution is 2.25. The summed E-state index contributed by atoms with van der Waals surface area (Å²) < 4.78 is 13.8. The van der Waals surface area contributed by atoms with Crippen molar-refractivity contribution in [2.24, 2.45) is 0 Å². The van der Waals surface area contributed by atoms with E-state index < -0.39 is 11.7 Å². The molecule has 2 saturated heterocycles. The second-order valence-corrected chi connectivity index (χ2v) is 6.17.